The molecule has 1 aromatic rings. The molecule has 0 aromatic heterocycles. The lowest BCUT2D eigenvalue weighted by Crippen LogP contribution is -2.44. The van der Waals surface area contributed by atoms with Crippen LogP contribution in [0.3, 0.4) is 0 Å². The first-order valence-corrected chi connectivity index (χ1v) is 6.39. The predicted molar refractivity (Wildman–Crippen MR) is 70.7 cm³/mol. The Morgan fingerprint density at radius 3 is 2.71 bits per heavy atom. The second-order valence-electron chi connectivity index (χ2n) is 4.71. The van der Waals surface area contributed by atoms with Crippen LogP contribution in [0, 0.1) is 13.8 Å². The summed E-state index contributed by atoms with van der Waals surface area (Å²) in [7, 11) is 0. The summed E-state index contributed by atoms with van der Waals surface area (Å²) in [5.41, 5.74) is 2.52. The average molecular weight is 234 g/mol. The Morgan fingerprint density at radius 1 is 1.24 bits per heavy atom. The van der Waals surface area contributed by atoms with E-state index in [9.17, 15) is 0 Å². The summed E-state index contributed by atoms with van der Waals surface area (Å²) in [6.45, 7) is 10.5. The van der Waals surface area contributed by atoms with E-state index in [4.69, 9.17) is 4.74 Å². The van der Waals surface area contributed by atoms with Crippen LogP contribution in [0.25, 0.3) is 0 Å². The molecule has 94 valence electrons. The van der Waals surface area contributed by atoms with Crippen molar-refractivity contribution in [3.05, 3.63) is 29.3 Å². The van der Waals surface area contributed by atoms with Gasteiger partial charge in [-0.15, -0.1) is 0 Å². The molecule has 3 heteroatoms. The first kappa shape index (κ1) is 12.4. The van der Waals surface area contributed by atoms with Crippen molar-refractivity contribution in [1.82, 2.24) is 10.2 Å². The van der Waals surface area contributed by atoms with Crippen LogP contribution in [-0.2, 0) is 0 Å². The van der Waals surface area contributed by atoms with Crippen LogP contribution in [0.4, 0.5) is 0 Å². The molecule has 1 N–H and O–H groups in total. The Morgan fingerprint density at radius 2 is 2.00 bits per heavy atom. The zero-order chi connectivity index (χ0) is 12.1. The standard InChI is InChI=1S/C14H22N2O/c1-12-3-4-14(13(2)11-12)17-10-9-16-7-5-15-6-8-16/h3-4,11,15H,5-10H2,1-2H3. The van der Waals surface area contributed by atoms with Gasteiger partial charge in [-0.25, -0.2) is 0 Å². The number of rotatable bonds is 4. The van der Waals surface area contributed by atoms with Crippen molar-refractivity contribution in [1.29, 1.82) is 0 Å². The third kappa shape index (κ3) is 3.72. The Kier molecular flexibility index (Phi) is 4.40. The molecule has 1 aliphatic rings. The van der Waals surface area contributed by atoms with Gasteiger partial charge in [0, 0.05) is 32.7 Å². The smallest absolute Gasteiger partial charge is 0.122 e. The van der Waals surface area contributed by atoms with Crippen LogP contribution in [0.2, 0.25) is 0 Å². The predicted octanol–water partition coefficient (Wildman–Crippen LogP) is 1.59. The minimum absolute atomic E-state index is 0.782. The number of nitrogens with zero attached hydrogens (tertiary/aromatic N) is 1. The molecule has 0 unspecified atom stereocenters. The normalized spacial score (nSPS) is 17.1. The lowest BCUT2D eigenvalue weighted by Gasteiger charge is -2.27. The summed E-state index contributed by atoms with van der Waals surface area (Å²) in [6, 6.07) is 6.34. The molecule has 0 atom stereocenters. The lowest BCUT2D eigenvalue weighted by atomic mass is 10.1. The van der Waals surface area contributed by atoms with E-state index in [0.717, 1.165) is 45.1 Å². The monoisotopic (exact) mass is 234 g/mol. The van der Waals surface area contributed by atoms with Gasteiger partial charge in [0.1, 0.15) is 12.4 Å². The van der Waals surface area contributed by atoms with E-state index in [-0.39, 0.29) is 0 Å². The highest BCUT2D eigenvalue weighted by Crippen LogP contribution is 2.18. The molecule has 17 heavy (non-hydrogen) atoms. The largest absolute Gasteiger partial charge is 0.492 e. The summed E-state index contributed by atoms with van der Waals surface area (Å²) in [6.07, 6.45) is 0. The third-order valence-electron chi connectivity index (χ3n) is 3.21. The second-order valence-corrected chi connectivity index (χ2v) is 4.71. The SMILES string of the molecule is Cc1ccc(OCCN2CCNCC2)c(C)c1. The van der Waals surface area contributed by atoms with Crippen LogP contribution in [0.1, 0.15) is 11.1 Å². The van der Waals surface area contributed by atoms with E-state index >= 15 is 0 Å². The molecule has 2 rings (SSSR count). The number of benzene rings is 1. The van der Waals surface area contributed by atoms with Gasteiger partial charge < -0.3 is 10.1 Å². The summed E-state index contributed by atoms with van der Waals surface area (Å²) in [5.74, 6) is 1.02. The summed E-state index contributed by atoms with van der Waals surface area (Å²) < 4.78 is 5.83. The third-order valence-corrected chi connectivity index (χ3v) is 3.21. The number of piperazine rings is 1. The van der Waals surface area contributed by atoms with Crippen LogP contribution < -0.4 is 10.1 Å². The molecule has 1 saturated heterocycles. The van der Waals surface area contributed by atoms with E-state index in [0.29, 0.717) is 0 Å². The van der Waals surface area contributed by atoms with Gasteiger partial charge in [-0.1, -0.05) is 17.7 Å². The fraction of sp³-hybridized carbons (Fsp3) is 0.571. The van der Waals surface area contributed by atoms with E-state index in [1.165, 1.54) is 11.1 Å². The highest BCUT2D eigenvalue weighted by molar-refractivity contribution is 5.35. The van der Waals surface area contributed by atoms with Crippen LogP contribution in [-0.4, -0.2) is 44.2 Å². The van der Waals surface area contributed by atoms with Gasteiger partial charge in [0.05, 0.1) is 0 Å². The molecule has 1 aromatic carbocycles. The summed E-state index contributed by atoms with van der Waals surface area (Å²) >= 11 is 0. The molecule has 0 spiro atoms. The maximum atomic E-state index is 5.83. The van der Waals surface area contributed by atoms with Crippen LogP contribution >= 0.6 is 0 Å². The van der Waals surface area contributed by atoms with Crippen molar-refractivity contribution in [2.24, 2.45) is 0 Å². The quantitative estimate of drug-likeness (QED) is 0.856. The maximum absolute atomic E-state index is 5.83. The van der Waals surface area contributed by atoms with Crippen LogP contribution in [0.5, 0.6) is 5.75 Å². The van der Waals surface area contributed by atoms with Gasteiger partial charge in [-0.05, 0) is 25.5 Å². The zero-order valence-corrected chi connectivity index (χ0v) is 10.8. The zero-order valence-electron chi connectivity index (χ0n) is 10.8. The van der Waals surface area contributed by atoms with Crippen molar-refractivity contribution < 1.29 is 4.74 Å². The van der Waals surface area contributed by atoms with E-state index in [1.54, 1.807) is 0 Å². The molecule has 1 fully saturated rings. The van der Waals surface area contributed by atoms with E-state index < -0.39 is 0 Å². The molecule has 0 amide bonds. The molecule has 0 radical (unpaired) electrons. The number of aryl methyl sites for hydroxylation is 2. The Bertz CT molecular complexity index is 359. The Labute approximate surface area is 104 Å². The number of ether oxygens (including phenoxy) is 1. The number of hydrogen-bond acceptors (Lipinski definition) is 3. The lowest BCUT2D eigenvalue weighted by molar-refractivity contribution is 0.191. The molecular weight excluding hydrogens is 212 g/mol. The molecule has 3 nitrogen and oxygen atoms in total. The fourth-order valence-corrected chi connectivity index (χ4v) is 2.18. The highest BCUT2D eigenvalue weighted by atomic mass is 16.5. The van der Waals surface area contributed by atoms with Crippen molar-refractivity contribution in [3.8, 4) is 5.75 Å². The molecular formula is C14H22N2O. The van der Waals surface area contributed by atoms with Crippen molar-refractivity contribution >= 4 is 0 Å². The molecule has 1 aliphatic heterocycles. The maximum Gasteiger partial charge on any atom is 0.122 e. The molecule has 0 aliphatic carbocycles. The minimum atomic E-state index is 0.782. The van der Waals surface area contributed by atoms with Gasteiger partial charge >= 0.3 is 0 Å². The second kappa shape index (κ2) is 6.03. The molecule has 0 saturated carbocycles. The van der Waals surface area contributed by atoms with Crippen molar-refractivity contribution in [3.63, 3.8) is 0 Å². The fourth-order valence-electron chi connectivity index (χ4n) is 2.18. The first-order valence-electron chi connectivity index (χ1n) is 6.39. The first-order chi connectivity index (χ1) is 8.25. The number of nitrogens with one attached hydrogen (secondary N) is 1. The van der Waals surface area contributed by atoms with Gasteiger partial charge in [-0.2, -0.15) is 0 Å². The van der Waals surface area contributed by atoms with E-state index in [2.05, 4.69) is 42.3 Å². The van der Waals surface area contributed by atoms with Gasteiger partial charge in [-0.3, -0.25) is 4.90 Å². The Balaban J connectivity index is 1.77. The molecule has 1 heterocycles. The van der Waals surface area contributed by atoms with Gasteiger partial charge in [0.15, 0.2) is 0 Å². The van der Waals surface area contributed by atoms with Crippen molar-refractivity contribution in [2.45, 2.75) is 13.8 Å². The minimum Gasteiger partial charge on any atom is -0.492 e. The number of hydrogen-bond donors (Lipinski definition) is 1. The topological polar surface area (TPSA) is 24.5 Å². The van der Waals surface area contributed by atoms with E-state index in [1.807, 2.05) is 0 Å². The van der Waals surface area contributed by atoms with Gasteiger partial charge in [0.25, 0.3) is 0 Å². The summed E-state index contributed by atoms with van der Waals surface area (Å²) in [4.78, 5) is 2.44. The Hall–Kier alpha value is -1.06. The van der Waals surface area contributed by atoms with Crippen LogP contribution in [0.15, 0.2) is 18.2 Å². The average Bonchev–Trinajstić information content (AvgIpc) is 2.33. The van der Waals surface area contributed by atoms with Crippen molar-refractivity contribution in [2.75, 3.05) is 39.3 Å². The summed E-state index contributed by atoms with van der Waals surface area (Å²) in [5, 5.41) is 3.36. The molecule has 0 bridgehead atoms. The van der Waals surface area contributed by atoms with Gasteiger partial charge in [0.2, 0.25) is 0 Å². The highest BCUT2D eigenvalue weighted by Gasteiger charge is 2.09.